The first-order chi connectivity index (χ1) is 8.45. The lowest BCUT2D eigenvalue weighted by atomic mass is 9.86. The van der Waals surface area contributed by atoms with E-state index in [4.69, 9.17) is 0 Å². The fourth-order valence-electron chi connectivity index (χ4n) is 2.34. The molecule has 2 atom stereocenters. The monoisotopic (exact) mass is 268 g/mol. The van der Waals surface area contributed by atoms with Crippen LogP contribution >= 0.6 is 11.3 Å². The van der Waals surface area contributed by atoms with Gasteiger partial charge in [-0.05, 0) is 45.6 Å². The molecule has 0 aliphatic carbocycles. The molecule has 0 saturated carbocycles. The molecule has 0 fully saturated rings. The molecule has 0 saturated heterocycles. The van der Waals surface area contributed by atoms with Crippen LogP contribution in [-0.4, -0.2) is 17.6 Å². The molecule has 104 valence electrons. The molecule has 0 amide bonds. The van der Waals surface area contributed by atoms with Crippen molar-refractivity contribution < 1.29 is 0 Å². The van der Waals surface area contributed by atoms with Crippen molar-refractivity contribution in [3.63, 3.8) is 0 Å². The molecule has 1 N–H and O–H groups in total. The van der Waals surface area contributed by atoms with Gasteiger partial charge < -0.3 is 5.32 Å². The van der Waals surface area contributed by atoms with Gasteiger partial charge in [-0.15, -0.1) is 11.3 Å². The van der Waals surface area contributed by atoms with Gasteiger partial charge in [0, 0.05) is 17.3 Å². The van der Waals surface area contributed by atoms with Crippen molar-refractivity contribution >= 4 is 11.3 Å². The van der Waals surface area contributed by atoms with Crippen LogP contribution in [0.4, 0.5) is 0 Å². The summed E-state index contributed by atoms with van der Waals surface area (Å²) in [5.41, 5.74) is 1.20. The maximum Gasteiger partial charge on any atom is 0.0934 e. The van der Waals surface area contributed by atoms with Crippen LogP contribution in [0, 0.1) is 25.7 Å². The summed E-state index contributed by atoms with van der Waals surface area (Å²) in [7, 11) is 0. The van der Waals surface area contributed by atoms with E-state index in [0.717, 1.165) is 13.0 Å². The molecule has 1 rings (SSSR count). The second kappa shape index (κ2) is 7.25. The van der Waals surface area contributed by atoms with E-state index >= 15 is 0 Å². The Hall–Kier alpha value is -0.410. The van der Waals surface area contributed by atoms with Crippen molar-refractivity contribution in [2.75, 3.05) is 6.54 Å². The molecule has 1 aromatic rings. The number of hydrogen-bond acceptors (Lipinski definition) is 3. The third-order valence-electron chi connectivity index (χ3n) is 3.70. The summed E-state index contributed by atoms with van der Waals surface area (Å²) in [4.78, 5) is 6.05. The topological polar surface area (TPSA) is 24.9 Å². The SMILES string of the molecule is CCCNC(C)C(Cc1nc(C)c(C)s1)C(C)C. The van der Waals surface area contributed by atoms with Gasteiger partial charge in [0.15, 0.2) is 0 Å². The first-order valence-corrected chi connectivity index (χ1v) is 7.93. The number of thiazole rings is 1. The molecule has 0 radical (unpaired) electrons. The number of aryl methyl sites for hydroxylation is 2. The lowest BCUT2D eigenvalue weighted by Crippen LogP contribution is -2.37. The molecule has 2 unspecified atom stereocenters. The van der Waals surface area contributed by atoms with Crippen LogP contribution < -0.4 is 5.32 Å². The predicted molar refractivity (Wildman–Crippen MR) is 81.4 cm³/mol. The maximum absolute atomic E-state index is 4.69. The van der Waals surface area contributed by atoms with Crippen LogP contribution in [0.5, 0.6) is 0 Å². The minimum atomic E-state index is 0.564. The third-order valence-corrected chi connectivity index (χ3v) is 4.79. The summed E-state index contributed by atoms with van der Waals surface area (Å²) in [5.74, 6) is 1.36. The smallest absolute Gasteiger partial charge is 0.0934 e. The molecule has 2 nitrogen and oxygen atoms in total. The average molecular weight is 268 g/mol. The van der Waals surface area contributed by atoms with Gasteiger partial charge >= 0.3 is 0 Å². The van der Waals surface area contributed by atoms with E-state index < -0.39 is 0 Å². The van der Waals surface area contributed by atoms with Gasteiger partial charge in [-0.3, -0.25) is 0 Å². The minimum Gasteiger partial charge on any atom is -0.314 e. The van der Waals surface area contributed by atoms with Crippen molar-refractivity contribution in [2.24, 2.45) is 11.8 Å². The minimum absolute atomic E-state index is 0.564. The highest BCUT2D eigenvalue weighted by molar-refractivity contribution is 7.11. The van der Waals surface area contributed by atoms with Crippen LogP contribution in [0.15, 0.2) is 0 Å². The summed E-state index contributed by atoms with van der Waals surface area (Å²) in [6.45, 7) is 14.6. The molecule has 3 heteroatoms. The molecular weight excluding hydrogens is 240 g/mol. The van der Waals surface area contributed by atoms with Crippen LogP contribution in [0.2, 0.25) is 0 Å². The average Bonchev–Trinajstić information content (AvgIpc) is 2.62. The van der Waals surface area contributed by atoms with E-state index in [9.17, 15) is 0 Å². The Kier molecular flexibility index (Phi) is 6.30. The second-order valence-corrected chi connectivity index (χ2v) is 6.89. The third kappa shape index (κ3) is 4.36. The van der Waals surface area contributed by atoms with E-state index in [-0.39, 0.29) is 0 Å². The molecule has 18 heavy (non-hydrogen) atoms. The van der Waals surface area contributed by atoms with Crippen molar-refractivity contribution in [3.05, 3.63) is 15.6 Å². The van der Waals surface area contributed by atoms with Crippen LogP contribution in [0.1, 0.15) is 49.7 Å². The van der Waals surface area contributed by atoms with Crippen molar-refractivity contribution in [2.45, 2.75) is 60.4 Å². The number of rotatable bonds is 7. The lowest BCUT2D eigenvalue weighted by Gasteiger charge is -2.27. The van der Waals surface area contributed by atoms with Gasteiger partial charge in [-0.1, -0.05) is 20.8 Å². The van der Waals surface area contributed by atoms with E-state index in [1.165, 1.54) is 22.0 Å². The van der Waals surface area contributed by atoms with Gasteiger partial charge in [-0.2, -0.15) is 0 Å². The zero-order valence-corrected chi connectivity index (χ0v) is 13.5. The zero-order valence-electron chi connectivity index (χ0n) is 12.7. The predicted octanol–water partition coefficient (Wildman–Crippen LogP) is 3.96. The summed E-state index contributed by atoms with van der Waals surface area (Å²) >= 11 is 1.86. The van der Waals surface area contributed by atoms with Gasteiger partial charge in [0.05, 0.1) is 10.7 Å². The standard InChI is InChI=1S/C15H28N2S/c1-7-8-16-12(5)14(10(2)3)9-15-17-11(4)13(6)18-15/h10,12,14,16H,7-9H2,1-6H3. The number of hydrogen-bond donors (Lipinski definition) is 1. The van der Waals surface area contributed by atoms with Gasteiger partial charge in [0.25, 0.3) is 0 Å². The van der Waals surface area contributed by atoms with Crippen molar-refractivity contribution in [3.8, 4) is 0 Å². The Balaban J connectivity index is 2.67. The Morgan fingerprint density at radius 2 is 1.89 bits per heavy atom. The molecule has 1 heterocycles. The summed E-state index contributed by atoms with van der Waals surface area (Å²) in [6, 6.07) is 0.564. The first kappa shape index (κ1) is 15.6. The second-order valence-electron chi connectivity index (χ2n) is 5.60. The Bertz CT molecular complexity index is 338. The van der Waals surface area contributed by atoms with Crippen LogP contribution in [0.25, 0.3) is 0 Å². The molecule has 0 aliphatic heterocycles. The van der Waals surface area contributed by atoms with E-state index in [1.54, 1.807) is 0 Å². The molecular formula is C15H28N2S. The van der Waals surface area contributed by atoms with E-state index in [1.807, 2.05) is 11.3 Å². The molecule has 1 aromatic heterocycles. The van der Waals surface area contributed by atoms with Crippen LogP contribution in [-0.2, 0) is 6.42 Å². The van der Waals surface area contributed by atoms with Gasteiger partial charge in [-0.25, -0.2) is 4.98 Å². The molecule has 0 bridgehead atoms. The van der Waals surface area contributed by atoms with Gasteiger partial charge in [0.1, 0.15) is 0 Å². The highest BCUT2D eigenvalue weighted by Crippen LogP contribution is 2.25. The molecule has 0 aliphatic rings. The zero-order chi connectivity index (χ0) is 13.7. The highest BCUT2D eigenvalue weighted by atomic mass is 32.1. The van der Waals surface area contributed by atoms with Crippen molar-refractivity contribution in [1.82, 2.24) is 10.3 Å². The molecule has 0 aromatic carbocycles. The van der Waals surface area contributed by atoms with Gasteiger partial charge in [0.2, 0.25) is 0 Å². The van der Waals surface area contributed by atoms with E-state index in [2.05, 4.69) is 51.8 Å². The van der Waals surface area contributed by atoms with Crippen LogP contribution in [0.3, 0.4) is 0 Å². The normalized spacial score (nSPS) is 15.1. The summed E-state index contributed by atoms with van der Waals surface area (Å²) < 4.78 is 0. The number of nitrogens with one attached hydrogen (secondary N) is 1. The number of aromatic nitrogens is 1. The Labute approximate surface area is 116 Å². The fourth-order valence-corrected chi connectivity index (χ4v) is 3.35. The van der Waals surface area contributed by atoms with E-state index in [0.29, 0.717) is 17.9 Å². The Morgan fingerprint density at radius 1 is 1.22 bits per heavy atom. The first-order valence-electron chi connectivity index (χ1n) is 7.12. The fraction of sp³-hybridized carbons (Fsp3) is 0.800. The maximum atomic E-state index is 4.69. The molecule has 0 spiro atoms. The van der Waals surface area contributed by atoms with Crippen molar-refractivity contribution in [1.29, 1.82) is 0 Å². The summed E-state index contributed by atoms with van der Waals surface area (Å²) in [6.07, 6.45) is 2.31. The largest absolute Gasteiger partial charge is 0.314 e. The Morgan fingerprint density at radius 3 is 2.33 bits per heavy atom. The quantitative estimate of drug-likeness (QED) is 0.809. The summed E-state index contributed by atoms with van der Waals surface area (Å²) in [5, 5.41) is 4.93. The lowest BCUT2D eigenvalue weighted by molar-refractivity contribution is 0.289. The number of nitrogens with zero attached hydrogens (tertiary/aromatic N) is 1. The highest BCUT2D eigenvalue weighted by Gasteiger charge is 2.22.